The standard InChI is InChI=1S/C110H103BN4/c1-104(2,3)77-41-54-97-86(61-77)87-62-78(105(4,5)6)42-55-98(87)115(97)82-64-101-103-102(65-82)113(80-45-34-71(35-46-80)75-37-49-90-92(59-75)110(16,17)67-108(90,12)13)100-63-81(114-95-51-38-72(68-26-20-18-21-27-68)56-84(95)85-57-73(39-52-96(85)114)69-28-22-19-23-29-69)47-50-93(100)111(103)94-60-76(83-30-24-25-31-88(83)106(7,8)9)40-53-99(94)112(101)79-43-32-70(33-44-79)74-36-48-89-91(58-74)109(14,15)66-107(89,10)11/h18-65H,66-67H2,1-17H3. The first-order chi connectivity index (χ1) is 54.8. The van der Waals surface area contributed by atoms with Crippen LogP contribution in [0, 0.1) is 0 Å². The zero-order valence-electron chi connectivity index (χ0n) is 70.0. The first-order valence-corrected chi connectivity index (χ1v) is 41.8. The fraction of sp³-hybridized carbons (Fsp3) is 0.236. The number of hydrogen-bond donors (Lipinski definition) is 0. The van der Waals surface area contributed by atoms with Crippen molar-refractivity contribution in [3.8, 4) is 67.0 Å². The average Bonchev–Trinajstić information content (AvgIpc) is 1.69. The molecule has 0 amide bonds. The minimum atomic E-state index is -0.217. The molecule has 0 radical (unpaired) electrons. The molecule has 4 aliphatic rings. The lowest BCUT2D eigenvalue weighted by Gasteiger charge is -2.45. The summed E-state index contributed by atoms with van der Waals surface area (Å²) in [6, 6.07) is 114. The van der Waals surface area contributed by atoms with E-state index < -0.39 is 0 Å². The van der Waals surface area contributed by atoms with Crippen LogP contribution in [0.15, 0.2) is 291 Å². The highest BCUT2D eigenvalue weighted by molar-refractivity contribution is 7.00. The molecule has 4 heterocycles. The largest absolute Gasteiger partial charge is 0.311 e. The number of fused-ring (bicyclic) bond motifs is 12. The van der Waals surface area contributed by atoms with Gasteiger partial charge in [-0.15, -0.1) is 0 Å². The molecule has 0 fully saturated rings. The van der Waals surface area contributed by atoms with Gasteiger partial charge >= 0.3 is 0 Å². The summed E-state index contributed by atoms with van der Waals surface area (Å²) in [6.45, 7) is 40.3. The third kappa shape index (κ3) is 11.7. The zero-order valence-corrected chi connectivity index (χ0v) is 70.0. The Balaban J connectivity index is 0.887. The van der Waals surface area contributed by atoms with Crippen LogP contribution in [0.5, 0.6) is 0 Å². The number of benzene rings is 14. The molecule has 4 nitrogen and oxygen atoms in total. The number of anilines is 6. The van der Waals surface area contributed by atoms with Gasteiger partial charge in [0.05, 0.1) is 27.8 Å². The number of hydrogen-bond acceptors (Lipinski definition) is 2. The van der Waals surface area contributed by atoms with E-state index in [0.717, 1.165) is 63.7 Å². The van der Waals surface area contributed by atoms with E-state index in [1.807, 2.05) is 0 Å². The quantitative estimate of drug-likeness (QED) is 0.134. The monoisotopic (exact) mass is 1490 g/mol. The fourth-order valence-electron chi connectivity index (χ4n) is 21.5. The van der Waals surface area contributed by atoms with Crippen molar-refractivity contribution in [2.75, 3.05) is 9.80 Å². The van der Waals surface area contributed by atoms with Crippen molar-refractivity contribution in [3.05, 3.63) is 330 Å². The lowest BCUT2D eigenvalue weighted by molar-refractivity contribution is 0.402. The Morgan fingerprint density at radius 3 is 1.11 bits per heavy atom. The van der Waals surface area contributed by atoms with Crippen LogP contribution in [-0.2, 0) is 37.9 Å². The molecule has 2 aliphatic carbocycles. The van der Waals surface area contributed by atoms with Gasteiger partial charge in [-0.3, -0.25) is 0 Å². The summed E-state index contributed by atoms with van der Waals surface area (Å²) in [5.41, 5.74) is 39.5. The van der Waals surface area contributed by atoms with Gasteiger partial charge in [0.2, 0.25) is 0 Å². The van der Waals surface area contributed by atoms with Crippen molar-refractivity contribution in [1.82, 2.24) is 9.13 Å². The molecule has 0 saturated heterocycles. The van der Waals surface area contributed by atoms with Crippen molar-refractivity contribution in [3.63, 3.8) is 0 Å². The van der Waals surface area contributed by atoms with Crippen LogP contribution in [0.2, 0.25) is 0 Å². The minimum absolute atomic E-state index is 0.0534. The Morgan fingerprint density at radius 2 is 0.635 bits per heavy atom. The molecular weight excluding hydrogens is 1390 g/mol. The second-order valence-corrected chi connectivity index (χ2v) is 39.6. The topological polar surface area (TPSA) is 16.3 Å². The van der Waals surface area contributed by atoms with Gasteiger partial charge in [-0.25, -0.2) is 0 Å². The molecule has 5 heteroatoms. The highest BCUT2D eigenvalue weighted by atomic mass is 15.2. The van der Waals surface area contributed by atoms with Crippen LogP contribution in [0.25, 0.3) is 111 Å². The van der Waals surface area contributed by atoms with Crippen LogP contribution < -0.4 is 26.2 Å². The van der Waals surface area contributed by atoms with Crippen molar-refractivity contribution in [2.24, 2.45) is 0 Å². The third-order valence-corrected chi connectivity index (χ3v) is 26.7. The molecule has 2 aliphatic heterocycles. The summed E-state index contributed by atoms with van der Waals surface area (Å²) >= 11 is 0. The van der Waals surface area contributed by atoms with Crippen LogP contribution in [0.1, 0.15) is 169 Å². The molecule has 20 rings (SSSR count). The van der Waals surface area contributed by atoms with Crippen LogP contribution in [0.4, 0.5) is 34.1 Å². The average molecular weight is 1490 g/mol. The second-order valence-electron chi connectivity index (χ2n) is 39.6. The Labute approximate surface area is 680 Å². The van der Waals surface area contributed by atoms with E-state index in [2.05, 4.69) is 428 Å². The van der Waals surface area contributed by atoms with E-state index >= 15 is 0 Å². The van der Waals surface area contributed by atoms with Gasteiger partial charge < -0.3 is 18.9 Å². The first kappa shape index (κ1) is 72.3. The highest BCUT2D eigenvalue weighted by Gasteiger charge is 2.47. The third-order valence-electron chi connectivity index (χ3n) is 26.7. The Hall–Kier alpha value is -11.7. The van der Waals surface area contributed by atoms with Gasteiger partial charge in [-0.2, -0.15) is 0 Å². The molecule has 0 bridgehead atoms. The van der Waals surface area contributed by atoms with Gasteiger partial charge in [-0.05, 0) is 265 Å². The molecule has 566 valence electrons. The predicted molar refractivity (Wildman–Crippen MR) is 494 cm³/mol. The smallest absolute Gasteiger partial charge is 0.252 e. The van der Waals surface area contributed by atoms with Crippen LogP contribution in [-0.4, -0.2) is 15.8 Å². The van der Waals surface area contributed by atoms with Crippen molar-refractivity contribution < 1.29 is 0 Å². The normalized spacial score (nSPS) is 15.7. The second kappa shape index (κ2) is 25.4. The molecule has 0 spiro atoms. The summed E-state index contributed by atoms with van der Waals surface area (Å²) in [5, 5.41) is 4.95. The SMILES string of the molecule is CC(C)(C)c1ccc2c(c1)c1cc(C(C)(C)C)ccc1n2-c1cc2c3c(c1)N(c1ccc(-c4ccc5c(c4)C(C)(C)CC5(C)C)cc1)c1cc(-n4c5ccc(-c6ccccc6)cc5c5cc(-c6ccccc6)ccc54)ccc1B3c1cc(-c3ccccc3C(C)(C)C)ccc1N2c1ccc(-c2ccc3c(c2)C(C)(C)CC3(C)C)cc1. The molecule has 0 atom stereocenters. The summed E-state index contributed by atoms with van der Waals surface area (Å²) in [6.07, 6.45) is 2.24. The van der Waals surface area contributed by atoms with Gasteiger partial charge in [0.1, 0.15) is 0 Å². The summed E-state index contributed by atoms with van der Waals surface area (Å²) < 4.78 is 5.15. The summed E-state index contributed by atoms with van der Waals surface area (Å²) in [4.78, 5) is 5.30. The van der Waals surface area contributed by atoms with Gasteiger partial charge in [0, 0.05) is 61.4 Å². The van der Waals surface area contributed by atoms with Crippen molar-refractivity contribution in [1.29, 1.82) is 0 Å². The predicted octanol–water partition coefficient (Wildman–Crippen LogP) is 28.1. The molecule has 14 aromatic carbocycles. The van der Waals surface area contributed by atoms with Crippen LogP contribution >= 0.6 is 0 Å². The van der Waals surface area contributed by atoms with E-state index in [-0.39, 0.29) is 44.6 Å². The Kier molecular flexibility index (Phi) is 16.0. The van der Waals surface area contributed by atoms with Gasteiger partial charge in [-0.1, -0.05) is 306 Å². The molecule has 0 unspecified atom stereocenters. The minimum Gasteiger partial charge on any atom is -0.311 e. The highest BCUT2D eigenvalue weighted by Crippen LogP contribution is 2.55. The maximum absolute atomic E-state index is 2.66. The summed E-state index contributed by atoms with van der Waals surface area (Å²) in [7, 11) is 0. The molecule has 2 aromatic heterocycles. The molecule has 0 N–H and O–H groups in total. The van der Waals surface area contributed by atoms with E-state index in [9.17, 15) is 0 Å². The van der Waals surface area contributed by atoms with Gasteiger partial charge in [0.15, 0.2) is 0 Å². The number of nitrogens with zero attached hydrogens (tertiary/aromatic N) is 4. The zero-order chi connectivity index (χ0) is 79.5. The van der Waals surface area contributed by atoms with Gasteiger partial charge in [0.25, 0.3) is 6.71 Å². The fourth-order valence-corrected chi connectivity index (χ4v) is 21.5. The lowest BCUT2D eigenvalue weighted by Crippen LogP contribution is -2.61. The summed E-state index contributed by atoms with van der Waals surface area (Å²) in [5.74, 6) is 0. The number of rotatable bonds is 9. The Bertz CT molecular complexity index is 6530. The maximum atomic E-state index is 2.66. The van der Waals surface area contributed by atoms with E-state index in [1.54, 1.807) is 0 Å². The molecular formula is C110H103BN4. The molecule has 0 saturated carbocycles. The molecule has 16 aromatic rings. The first-order valence-electron chi connectivity index (χ1n) is 41.8. The number of aromatic nitrogens is 2. The van der Waals surface area contributed by atoms with Crippen LogP contribution in [0.3, 0.4) is 0 Å². The van der Waals surface area contributed by atoms with E-state index in [0.29, 0.717) is 0 Å². The Morgan fingerprint density at radius 1 is 0.261 bits per heavy atom. The van der Waals surface area contributed by atoms with Crippen molar-refractivity contribution in [2.45, 2.75) is 168 Å². The maximum Gasteiger partial charge on any atom is 0.252 e. The van der Waals surface area contributed by atoms with E-state index in [4.69, 9.17) is 0 Å². The molecule has 115 heavy (non-hydrogen) atoms. The lowest BCUT2D eigenvalue weighted by atomic mass is 9.33. The van der Waals surface area contributed by atoms with E-state index in [1.165, 1.54) is 149 Å². The van der Waals surface area contributed by atoms with Crippen molar-refractivity contribution >= 4 is 101 Å².